The summed E-state index contributed by atoms with van der Waals surface area (Å²) in [5.41, 5.74) is 3.39. The van der Waals surface area contributed by atoms with Crippen molar-refractivity contribution in [3.8, 4) is 0 Å². The van der Waals surface area contributed by atoms with Gasteiger partial charge in [-0.05, 0) is 53.4 Å². The van der Waals surface area contributed by atoms with Crippen molar-refractivity contribution in [2.75, 3.05) is 0 Å². The number of aromatic nitrogens is 2. The molecular formula is C12H9Br3N4O. The highest BCUT2D eigenvalue weighted by atomic mass is 79.9. The fraction of sp³-hybridized carbons (Fsp3) is 0.0833. The zero-order valence-corrected chi connectivity index (χ0v) is 14.8. The molecule has 1 aromatic carbocycles. The van der Waals surface area contributed by atoms with Gasteiger partial charge in [0.25, 0.3) is 5.91 Å². The fourth-order valence-corrected chi connectivity index (χ4v) is 3.13. The summed E-state index contributed by atoms with van der Waals surface area (Å²) in [5, 5.41) is 3.90. The van der Waals surface area contributed by atoms with E-state index in [1.807, 2.05) is 30.3 Å². The summed E-state index contributed by atoms with van der Waals surface area (Å²) in [6, 6.07) is 9.52. The second kappa shape index (κ2) is 7.14. The Balaban J connectivity index is 1.95. The number of nitrogens with one attached hydrogen (secondary N) is 1. The van der Waals surface area contributed by atoms with Gasteiger partial charge in [0.15, 0.2) is 4.73 Å². The van der Waals surface area contributed by atoms with Crippen LogP contribution in [-0.4, -0.2) is 21.7 Å². The van der Waals surface area contributed by atoms with Crippen LogP contribution in [0.3, 0.4) is 0 Å². The Kier molecular flexibility index (Phi) is 5.50. The van der Waals surface area contributed by atoms with Crippen LogP contribution in [-0.2, 0) is 11.3 Å². The van der Waals surface area contributed by atoms with Crippen LogP contribution in [0.4, 0.5) is 0 Å². The van der Waals surface area contributed by atoms with Gasteiger partial charge < -0.3 is 4.57 Å². The standard InChI is InChI=1S/C12H9Br3N4O/c13-10-11(14)19(12(15)17-10)7-9(20)18-16-6-8-4-2-1-3-5-8/h1-6H,7H2,(H,18,20). The second-order valence-electron chi connectivity index (χ2n) is 3.75. The van der Waals surface area contributed by atoms with Crippen molar-refractivity contribution < 1.29 is 4.79 Å². The second-order valence-corrected chi connectivity index (χ2v) is 5.96. The van der Waals surface area contributed by atoms with Gasteiger partial charge in [-0.1, -0.05) is 30.3 Å². The summed E-state index contributed by atoms with van der Waals surface area (Å²) in [4.78, 5) is 15.9. The predicted octanol–water partition coefficient (Wildman–Crippen LogP) is 3.32. The zero-order valence-electron chi connectivity index (χ0n) is 10.1. The summed E-state index contributed by atoms with van der Waals surface area (Å²) >= 11 is 9.88. The Labute approximate surface area is 140 Å². The van der Waals surface area contributed by atoms with E-state index in [4.69, 9.17) is 0 Å². The van der Waals surface area contributed by atoms with Gasteiger partial charge in [-0.3, -0.25) is 4.79 Å². The molecule has 0 unspecified atom stereocenters. The number of hydrogen-bond acceptors (Lipinski definition) is 3. The molecule has 0 fully saturated rings. The average Bonchev–Trinajstić information content (AvgIpc) is 2.67. The summed E-state index contributed by atoms with van der Waals surface area (Å²) < 4.78 is 3.53. The predicted molar refractivity (Wildman–Crippen MR) is 87.5 cm³/mol. The van der Waals surface area contributed by atoms with E-state index in [1.165, 1.54) is 0 Å². The molecule has 0 aliphatic heterocycles. The Bertz CT molecular complexity index is 640. The van der Waals surface area contributed by atoms with E-state index >= 15 is 0 Å². The number of hydrogen-bond donors (Lipinski definition) is 1. The molecule has 2 rings (SSSR count). The maximum absolute atomic E-state index is 11.8. The molecule has 0 bridgehead atoms. The molecule has 0 radical (unpaired) electrons. The maximum Gasteiger partial charge on any atom is 0.260 e. The molecule has 20 heavy (non-hydrogen) atoms. The van der Waals surface area contributed by atoms with Crippen LogP contribution < -0.4 is 5.43 Å². The molecule has 1 amide bonds. The first-order valence-corrected chi connectivity index (χ1v) is 7.90. The number of hydrazone groups is 1. The van der Waals surface area contributed by atoms with E-state index in [0.29, 0.717) is 13.9 Å². The lowest BCUT2D eigenvalue weighted by atomic mass is 10.2. The molecule has 104 valence electrons. The van der Waals surface area contributed by atoms with Crippen molar-refractivity contribution in [3.05, 3.63) is 49.8 Å². The molecule has 0 spiro atoms. The largest absolute Gasteiger partial charge is 0.303 e. The van der Waals surface area contributed by atoms with Crippen molar-refractivity contribution in [3.63, 3.8) is 0 Å². The molecular weight excluding hydrogens is 456 g/mol. The Morgan fingerprint density at radius 3 is 2.60 bits per heavy atom. The highest BCUT2D eigenvalue weighted by molar-refractivity contribution is 9.13. The monoisotopic (exact) mass is 462 g/mol. The quantitative estimate of drug-likeness (QED) is 0.557. The van der Waals surface area contributed by atoms with Gasteiger partial charge in [-0.2, -0.15) is 5.10 Å². The minimum atomic E-state index is -0.247. The average molecular weight is 465 g/mol. The minimum absolute atomic E-state index is 0.103. The lowest BCUT2D eigenvalue weighted by Gasteiger charge is -2.04. The lowest BCUT2D eigenvalue weighted by molar-refractivity contribution is -0.121. The third-order valence-corrected chi connectivity index (χ3v) is 4.82. The first kappa shape index (κ1) is 15.4. The zero-order chi connectivity index (χ0) is 14.5. The summed E-state index contributed by atoms with van der Waals surface area (Å²) in [6.45, 7) is 0.103. The van der Waals surface area contributed by atoms with Gasteiger partial charge in [0, 0.05) is 0 Å². The Morgan fingerprint density at radius 2 is 2.00 bits per heavy atom. The minimum Gasteiger partial charge on any atom is -0.303 e. The van der Waals surface area contributed by atoms with Gasteiger partial charge >= 0.3 is 0 Å². The normalized spacial score (nSPS) is 10.9. The van der Waals surface area contributed by atoms with Gasteiger partial charge in [0.1, 0.15) is 15.8 Å². The van der Waals surface area contributed by atoms with Crippen LogP contribution in [0.25, 0.3) is 0 Å². The van der Waals surface area contributed by atoms with E-state index in [9.17, 15) is 4.79 Å². The first-order valence-electron chi connectivity index (χ1n) is 5.52. The number of carbonyl (C=O) groups is 1. The van der Waals surface area contributed by atoms with Crippen molar-refractivity contribution in [2.24, 2.45) is 5.10 Å². The maximum atomic E-state index is 11.8. The van der Waals surface area contributed by atoms with Gasteiger partial charge in [-0.15, -0.1) is 0 Å². The van der Waals surface area contributed by atoms with E-state index in [2.05, 4.69) is 63.3 Å². The third-order valence-electron chi connectivity index (χ3n) is 2.32. The smallest absolute Gasteiger partial charge is 0.260 e. The van der Waals surface area contributed by atoms with Crippen LogP contribution in [0.5, 0.6) is 0 Å². The molecule has 0 saturated heterocycles. The molecule has 2 aromatic rings. The number of amides is 1. The number of carbonyl (C=O) groups excluding carboxylic acids is 1. The summed E-state index contributed by atoms with van der Waals surface area (Å²) in [7, 11) is 0. The Hall–Kier alpha value is -0.990. The Morgan fingerprint density at radius 1 is 1.30 bits per heavy atom. The molecule has 1 N–H and O–H groups in total. The van der Waals surface area contributed by atoms with Crippen molar-refractivity contribution in [1.29, 1.82) is 0 Å². The van der Waals surface area contributed by atoms with Crippen LogP contribution in [0.1, 0.15) is 5.56 Å². The van der Waals surface area contributed by atoms with Crippen molar-refractivity contribution in [2.45, 2.75) is 6.54 Å². The van der Waals surface area contributed by atoms with Gasteiger partial charge in [0.2, 0.25) is 0 Å². The number of imidazole rings is 1. The third kappa shape index (κ3) is 4.00. The van der Waals surface area contributed by atoms with E-state index in [0.717, 1.165) is 5.56 Å². The molecule has 0 aliphatic rings. The topological polar surface area (TPSA) is 59.3 Å². The number of rotatable bonds is 4. The van der Waals surface area contributed by atoms with E-state index in [-0.39, 0.29) is 12.5 Å². The molecule has 1 aromatic heterocycles. The molecule has 0 saturated carbocycles. The molecule has 1 heterocycles. The molecule has 0 aliphatic carbocycles. The summed E-state index contributed by atoms with van der Waals surface area (Å²) in [6.07, 6.45) is 1.59. The van der Waals surface area contributed by atoms with Gasteiger partial charge in [-0.25, -0.2) is 10.4 Å². The van der Waals surface area contributed by atoms with Gasteiger partial charge in [0.05, 0.1) is 6.21 Å². The number of halogens is 3. The van der Waals surface area contributed by atoms with Crippen LogP contribution >= 0.6 is 47.8 Å². The molecule has 0 atom stereocenters. The number of benzene rings is 1. The fourth-order valence-electron chi connectivity index (χ4n) is 1.41. The highest BCUT2D eigenvalue weighted by Gasteiger charge is 2.13. The van der Waals surface area contributed by atoms with Crippen LogP contribution in [0, 0.1) is 0 Å². The highest BCUT2D eigenvalue weighted by Crippen LogP contribution is 2.26. The number of nitrogens with zero attached hydrogens (tertiary/aromatic N) is 3. The molecule has 8 heteroatoms. The van der Waals surface area contributed by atoms with E-state index in [1.54, 1.807) is 10.8 Å². The molecule has 5 nitrogen and oxygen atoms in total. The van der Waals surface area contributed by atoms with Crippen molar-refractivity contribution >= 4 is 59.9 Å². The lowest BCUT2D eigenvalue weighted by Crippen LogP contribution is -2.23. The SMILES string of the molecule is O=C(Cn1c(Br)nc(Br)c1Br)NN=Cc1ccccc1. The van der Waals surface area contributed by atoms with Crippen LogP contribution in [0.2, 0.25) is 0 Å². The van der Waals surface area contributed by atoms with E-state index < -0.39 is 0 Å². The summed E-state index contributed by atoms with van der Waals surface area (Å²) in [5.74, 6) is -0.247. The van der Waals surface area contributed by atoms with Crippen LogP contribution in [0.15, 0.2) is 49.4 Å². The van der Waals surface area contributed by atoms with Crippen molar-refractivity contribution in [1.82, 2.24) is 15.0 Å². The first-order chi connectivity index (χ1) is 9.58.